The van der Waals surface area contributed by atoms with Gasteiger partial charge in [0.25, 0.3) is 5.91 Å². The average molecular weight is 293 g/mol. The quantitative estimate of drug-likeness (QED) is 0.577. The van der Waals surface area contributed by atoms with Gasteiger partial charge in [-0.3, -0.25) is 10.6 Å². The molecule has 1 fully saturated rings. The van der Waals surface area contributed by atoms with Crippen LogP contribution in [0.1, 0.15) is 55.8 Å². The molecular weight excluding hydrogens is 269 g/mol. The first-order valence-corrected chi connectivity index (χ1v) is 7.71. The molecule has 0 heterocycles. The van der Waals surface area contributed by atoms with Gasteiger partial charge in [0.1, 0.15) is 5.82 Å². The van der Waals surface area contributed by atoms with E-state index in [4.69, 9.17) is 5.84 Å². The second kappa shape index (κ2) is 7.41. The highest BCUT2D eigenvalue weighted by Crippen LogP contribution is 2.28. The molecule has 2 rings (SSSR count). The average Bonchev–Trinajstić information content (AvgIpc) is 2.49. The van der Waals surface area contributed by atoms with E-state index in [9.17, 15) is 9.18 Å². The molecule has 0 spiro atoms. The predicted octanol–water partition coefficient (Wildman–Crippen LogP) is 3.20. The summed E-state index contributed by atoms with van der Waals surface area (Å²) in [6.45, 7) is 2.21. The van der Waals surface area contributed by atoms with Crippen LogP contribution in [-0.2, 0) is 0 Å². The minimum absolute atomic E-state index is 0.0506. The van der Waals surface area contributed by atoms with Crippen molar-refractivity contribution in [3.8, 4) is 0 Å². The van der Waals surface area contributed by atoms with Crippen molar-refractivity contribution in [1.29, 1.82) is 0 Å². The molecule has 0 radical (unpaired) electrons. The first-order valence-electron chi connectivity index (χ1n) is 7.71. The number of rotatable bonds is 5. The lowest BCUT2D eigenvalue weighted by Gasteiger charge is -2.29. The van der Waals surface area contributed by atoms with E-state index >= 15 is 0 Å². The van der Waals surface area contributed by atoms with Crippen LogP contribution in [0, 0.1) is 11.7 Å². The van der Waals surface area contributed by atoms with Gasteiger partial charge in [0, 0.05) is 6.04 Å². The lowest BCUT2D eigenvalue weighted by atomic mass is 9.83. The van der Waals surface area contributed by atoms with Crippen LogP contribution in [0.2, 0.25) is 0 Å². The van der Waals surface area contributed by atoms with Gasteiger partial charge < -0.3 is 10.7 Å². The summed E-state index contributed by atoms with van der Waals surface area (Å²) in [5.41, 5.74) is 2.58. The Balaban J connectivity index is 1.95. The Morgan fingerprint density at radius 1 is 1.33 bits per heavy atom. The third-order valence-electron chi connectivity index (χ3n) is 4.28. The van der Waals surface area contributed by atoms with Gasteiger partial charge >= 0.3 is 0 Å². The standard InChI is InChI=1S/C16H24FN3O/c1-2-4-11-7-9-12(10-8-11)19-16(21)13-5-3-6-14(17)15(13)20-18/h3,5-6,11-12,20H,2,4,7-10,18H2,1H3,(H,19,21). The van der Waals surface area contributed by atoms with Gasteiger partial charge in [-0.2, -0.15) is 0 Å². The number of halogens is 1. The molecule has 0 saturated heterocycles. The van der Waals surface area contributed by atoms with Gasteiger partial charge in [-0.15, -0.1) is 0 Å². The maximum atomic E-state index is 13.6. The Morgan fingerprint density at radius 3 is 2.67 bits per heavy atom. The van der Waals surface area contributed by atoms with E-state index in [1.165, 1.54) is 25.0 Å². The number of carbonyl (C=O) groups is 1. The maximum absolute atomic E-state index is 13.6. The summed E-state index contributed by atoms with van der Waals surface area (Å²) >= 11 is 0. The molecule has 0 aromatic heterocycles. The molecular formula is C16H24FN3O. The second-order valence-electron chi connectivity index (χ2n) is 5.79. The summed E-state index contributed by atoms with van der Waals surface area (Å²) in [7, 11) is 0. The van der Waals surface area contributed by atoms with Crippen LogP contribution in [0.15, 0.2) is 18.2 Å². The van der Waals surface area contributed by atoms with Crippen molar-refractivity contribution < 1.29 is 9.18 Å². The summed E-state index contributed by atoms with van der Waals surface area (Å²) in [4.78, 5) is 12.3. The molecule has 1 aliphatic rings. The van der Waals surface area contributed by atoms with Crippen LogP contribution in [0.25, 0.3) is 0 Å². The highest BCUT2D eigenvalue weighted by atomic mass is 19.1. The number of hydrazine groups is 1. The fourth-order valence-corrected chi connectivity index (χ4v) is 3.13. The number of para-hydroxylation sites is 1. The van der Waals surface area contributed by atoms with Gasteiger partial charge in [-0.1, -0.05) is 25.8 Å². The molecule has 1 aliphatic carbocycles. The van der Waals surface area contributed by atoms with Crippen LogP contribution < -0.4 is 16.6 Å². The number of amides is 1. The molecule has 1 aromatic rings. The predicted molar refractivity (Wildman–Crippen MR) is 82.3 cm³/mol. The van der Waals surface area contributed by atoms with Gasteiger partial charge in [-0.05, 0) is 43.7 Å². The number of hydrogen-bond acceptors (Lipinski definition) is 3. The van der Waals surface area contributed by atoms with Crippen LogP contribution in [0.5, 0.6) is 0 Å². The highest BCUT2D eigenvalue weighted by molar-refractivity contribution is 5.99. The van der Waals surface area contributed by atoms with E-state index in [1.54, 1.807) is 6.07 Å². The maximum Gasteiger partial charge on any atom is 0.253 e. The lowest BCUT2D eigenvalue weighted by molar-refractivity contribution is 0.0921. The SMILES string of the molecule is CCCC1CCC(NC(=O)c2cccc(F)c2NN)CC1. The third kappa shape index (κ3) is 3.94. The zero-order valence-electron chi connectivity index (χ0n) is 12.5. The van der Waals surface area contributed by atoms with Crippen molar-refractivity contribution in [2.24, 2.45) is 11.8 Å². The monoisotopic (exact) mass is 293 g/mol. The number of carbonyl (C=O) groups excluding carboxylic acids is 1. The Morgan fingerprint density at radius 2 is 2.05 bits per heavy atom. The zero-order valence-corrected chi connectivity index (χ0v) is 12.5. The number of nitrogens with one attached hydrogen (secondary N) is 2. The summed E-state index contributed by atoms with van der Waals surface area (Å²) in [5, 5.41) is 3.00. The smallest absolute Gasteiger partial charge is 0.253 e. The highest BCUT2D eigenvalue weighted by Gasteiger charge is 2.23. The van der Waals surface area contributed by atoms with Crippen molar-refractivity contribution >= 4 is 11.6 Å². The molecule has 1 amide bonds. The summed E-state index contributed by atoms with van der Waals surface area (Å²) in [6.07, 6.45) is 6.80. The van der Waals surface area contributed by atoms with E-state index in [-0.39, 0.29) is 23.2 Å². The molecule has 4 N–H and O–H groups in total. The third-order valence-corrected chi connectivity index (χ3v) is 4.28. The van der Waals surface area contributed by atoms with Crippen molar-refractivity contribution in [3.63, 3.8) is 0 Å². The molecule has 21 heavy (non-hydrogen) atoms. The van der Waals surface area contributed by atoms with E-state index in [0.717, 1.165) is 31.6 Å². The van der Waals surface area contributed by atoms with E-state index in [1.807, 2.05) is 0 Å². The minimum atomic E-state index is -0.517. The first-order chi connectivity index (χ1) is 10.2. The van der Waals surface area contributed by atoms with E-state index < -0.39 is 5.82 Å². The Labute approximate surface area is 125 Å². The van der Waals surface area contributed by atoms with Crippen molar-refractivity contribution in [2.45, 2.75) is 51.5 Å². The number of nitrogen functional groups attached to an aromatic ring is 1. The molecule has 116 valence electrons. The van der Waals surface area contributed by atoms with E-state index in [0.29, 0.717) is 0 Å². The number of hydrogen-bond donors (Lipinski definition) is 3. The lowest BCUT2D eigenvalue weighted by Crippen LogP contribution is -2.38. The molecule has 1 aromatic carbocycles. The molecule has 0 bridgehead atoms. The van der Waals surface area contributed by atoms with Crippen LogP contribution in [0.3, 0.4) is 0 Å². The molecule has 0 aliphatic heterocycles. The summed E-state index contributed by atoms with van der Waals surface area (Å²) < 4.78 is 13.6. The largest absolute Gasteiger partial charge is 0.349 e. The molecule has 0 atom stereocenters. The fraction of sp³-hybridized carbons (Fsp3) is 0.562. The van der Waals surface area contributed by atoms with Gasteiger partial charge in [0.05, 0.1) is 11.3 Å². The number of nitrogens with two attached hydrogens (primary N) is 1. The van der Waals surface area contributed by atoms with Crippen LogP contribution in [-0.4, -0.2) is 11.9 Å². The second-order valence-corrected chi connectivity index (χ2v) is 5.79. The van der Waals surface area contributed by atoms with Gasteiger partial charge in [0.15, 0.2) is 0 Å². The molecule has 4 nitrogen and oxygen atoms in total. The fourth-order valence-electron chi connectivity index (χ4n) is 3.13. The first kappa shape index (κ1) is 15.8. The van der Waals surface area contributed by atoms with Crippen molar-refractivity contribution in [3.05, 3.63) is 29.6 Å². The minimum Gasteiger partial charge on any atom is -0.349 e. The van der Waals surface area contributed by atoms with Crippen molar-refractivity contribution in [1.82, 2.24) is 5.32 Å². The van der Waals surface area contributed by atoms with Gasteiger partial charge in [0.2, 0.25) is 0 Å². The number of anilines is 1. The van der Waals surface area contributed by atoms with E-state index in [2.05, 4.69) is 17.7 Å². The molecule has 0 unspecified atom stereocenters. The molecule has 5 heteroatoms. The molecule has 1 saturated carbocycles. The topological polar surface area (TPSA) is 67.2 Å². The van der Waals surface area contributed by atoms with Crippen LogP contribution >= 0.6 is 0 Å². The Bertz CT molecular complexity index is 484. The normalized spacial score (nSPS) is 21.9. The van der Waals surface area contributed by atoms with Crippen LogP contribution in [0.4, 0.5) is 10.1 Å². The summed E-state index contributed by atoms with van der Waals surface area (Å²) in [5.74, 6) is 5.31. The Kier molecular flexibility index (Phi) is 5.56. The number of benzene rings is 1. The van der Waals surface area contributed by atoms with Gasteiger partial charge in [-0.25, -0.2) is 4.39 Å². The summed E-state index contributed by atoms with van der Waals surface area (Å²) in [6, 6.07) is 4.56. The Hall–Kier alpha value is -1.62. The van der Waals surface area contributed by atoms with Crippen molar-refractivity contribution in [2.75, 3.05) is 5.43 Å². The zero-order chi connectivity index (χ0) is 15.2.